The van der Waals surface area contributed by atoms with Crippen LogP contribution in [0, 0.1) is 0 Å². The maximum absolute atomic E-state index is 12.8. The van der Waals surface area contributed by atoms with Crippen LogP contribution in [0.15, 0.2) is 36.5 Å². The van der Waals surface area contributed by atoms with Crippen molar-refractivity contribution in [3.8, 4) is 0 Å². The van der Waals surface area contributed by atoms with Crippen molar-refractivity contribution in [3.05, 3.63) is 36.5 Å². The van der Waals surface area contributed by atoms with Crippen molar-refractivity contribution < 1.29 is 63.1 Å². The van der Waals surface area contributed by atoms with Gasteiger partial charge in [-0.25, -0.2) is 4.57 Å². The Kier molecular flexibility index (Phi) is 39.5. The normalized spacial score (nSPS) is 21.5. The molecule has 0 heterocycles. The Bertz CT molecular complexity index is 1290. The third kappa shape index (κ3) is 33.5. The van der Waals surface area contributed by atoms with Crippen molar-refractivity contribution in [1.29, 1.82) is 0 Å². The average Bonchev–Trinajstić information content (AvgIpc) is 3.30. The Morgan fingerprint density at radius 1 is 0.455 bits per heavy atom. The lowest BCUT2D eigenvalue weighted by atomic mass is 9.85. The predicted molar refractivity (Wildman–Crippen MR) is 263 cm³/mol. The summed E-state index contributed by atoms with van der Waals surface area (Å²) in [5, 5.41) is 50.2. The average molecular weight is 959 g/mol. The highest BCUT2D eigenvalue weighted by molar-refractivity contribution is 7.47. The molecule has 1 fully saturated rings. The highest BCUT2D eigenvalue weighted by Crippen LogP contribution is 2.47. The summed E-state index contributed by atoms with van der Waals surface area (Å²) in [6.07, 6.45) is 36.4. The third-order valence-corrected chi connectivity index (χ3v) is 13.2. The summed E-state index contributed by atoms with van der Waals surface area (Å²) in [7, 11) is -5.13. The highest BCUT2D eigenvalue weighted by atomic mass is 31.2. The number of hydrogen-bond acceptors (Lipinski definition) is 12. The fourth-order valence-electron chi connectivity index (χ4n) is 7.95. The summed E-state index contributed by atoms with van der Waals surface area (Å²) in [6.45, 7) is 3.28. The number of carbonyl (C=O) groups excluding carboxylic acids is 2. The molecule has 0 aromatic heterocycles. The van der Waals surface area contributed by atoms with E-state index in [2.05, 4.69) is 44.2 Å². The lowest BCUT2D eigenvalue weighted by Crippen LogP contribution is -2.64. The molecule has 6 N–H and O–H groups in total. The van der Waals surface area contributed by atoms with Crippen molar-refractivity contribution in [3.63, 3.8) is 0 Å². The van der Waals surface area contributed by atoms with E-state index in [-0.39, 0.29) is 12.8 Å². The van der Waals surface area contributed by atoms with Crippen LogP contribution in [-0.4, -0.2) is 98.3 Å². The Hall–Kier alpha value is -1.93. The monoisotopic (exact) mass is 959 g/mol. The van der Waals surface area contributed by atoms with Crippen molar-refractivity contribution >= 4 is 19.8 Å². The number of aliphatic hydroxyl groups excluding tert-OH is 5. The summed E-state index contributed by atoms with van der Waals surface area (Å²) in [6, 6.07) is 0. The molecule has 0 aromatic rings. The summed E-state index contributed by atoms with van der Waals surface area (Å²) in [5.41, 5.74) is 0. The molecule has 386 valence electrons. The van der Waals surface area contributed by atoms with Crippen LogP contribution in [-0.2, 0) is 32.7 Å². The van der Waals surface area contributed by atoms with E-state index in [4.69, 9.17) is 18.5 Å². The first-order chi connectivity index (χ1) is 31.9. The first kappa shape index (κ1) is 62.1. The van der Waals surface area contributed by atoms with E-state index in [1.807, 2.05) is 6.08 Å². The number of phosphoric ester groups is 1. The molecule has 0 aliphatic heterocycles. The van der Waals surface area contributed by atoms with Gasteiger partial charge in [0.15, 0.2) is 6.10 Å². The third-order valence-electron chi connectivity index (χ3n) is 12.2. The van der Waals surface area contributed by atoms with Gasteiger partial charge in [-0.05, 0) is 70.6 Å². The number of rotatable bonds is 44. The minimum absolute atomic E-state index is 0.0363. The van der Waals surface area contributed by atoms with Crippen molar-refractivity contribution in [2.75, 3.05) is 13.2 Å². The fourth-order valence-corrected chi connectivity index (χ4v) is 8.92. The Morgan fingerprint density at radius 2 is 0.803 bits per heavy atom. The van der Waals surface area contributed by atoms with Gasteiger partial charge in [-0.3, -0.25) is 18.6 Å². The zero-order chi connectivity index (χ0) is 48.5. The molecule has 0 aromatic carbocycles. The molecule has 0 bridgehead atoms. The Labute approximate surface area is 399 Å². The van der Waals surface area contributed by atoms with Gasteiger partial charge in [0.05, 0.1) is 6.61 Å². The molecule has 13 nitrogen and oxygen atoms in total. The Morgan fingerprint density at radius 3 is 1.24 bits per heavy atom. The van der Waals surface area contributed by atoms with Crippen LogP contribution < -0.4 is 0 Å². The van der Waals surface area contributed by atoms with Gasteiger partial charge in [-0.15, -0.1) is 0 Å². The first-order valence-corrected chi connectivity index (χ1v) is 27.8. The number of hydrogen-bond donors (Lipinski definition) is 6. The molecule has 0 saturated heterocycles. The minimum Gasteiger partial charge on any atom is -0.462 e. The standard InChI is InChI=1S/C52H95O13P/c1-3-5-7-9-11-13-15-17-19-20-21-22-23-24-25-26-27-29-31-33-35-37-39-41-46(54)64-44(43-63-66(60,61)65-52-50(58)48(56)47(55)49(57)51(52)59)42-62-45(53)40-38-36-34-32-30-28-18-16-14-12-10-8-6-4-2/h16,18,26-27,33,35,44,47-52,55-59H,3-15,17,19-25,28-32,34,36-43H2,1-2H3,(H,60,61)/b18-16+,27-26+,35-33+/t44-,47?,48-,49?,50?,51?,52?/m1/s1. The molecular formula is C52H95O13P. The number of unbranched alkanes of at least 4 members (excludes halogenated alkanes) is 26. The van der Waals surface area contributed by atoms with Gasteiger partial charge < -0.3 is 39.9 Å². The van der Waals surface area contributed by atoms with Gasteiger partial charge in [0.25, 0.3) is 0 Å². The number of ether oxygens (including phenoxy) is 2. The maximum Gasteiger partial charge on any atom is 0.472 e. The molecule has 8 atom stereocenters. The molecule has 1 aliphatic carbocycles. The van der Waals surface area contributed by atoms with Crippen LogP contribution in [0.25, 0.3) is 0 Å². The van der Waals surface area contributed by atoms with E-state index < -0.39 is 75.7 Å². The van der Waals surface area contributed by atoms with Gasteiger partial charge in [-0.1, -0.05) is 179 Å². The second kappa shape index (κ2) is 42.0. The molecule has 6 unspecified atom stereocenters. The van der Waals surface area contributed by atoms with Crippen LogP contribution in [0.2, 0.25) is 0 Å². The van der Waals surface area contributed by atoms with E-state index >= 15 is 0 Å². The van der Waals surface area contributed by atoms with Crippen LogP contribution in [0.5, 0.6) is 0 Å². The van der Waals surface area contributed by atoms with E-state index in [1.165, 1.54) is 122 Å². The smallest absolute Gasteiger partial charge is 0.462 e. The van der Waals surface area contributed by atoms with Crippen LogP contribution in [0.3, 0.4) is 0 Å². The van der Waals surface area contributed by atoms with Crippen LogP contribution in [0.4, 0.5) is 0 Å². The van der Waals surface area contributed by atoms with Gasteiger partial charge in [0.1, 0.15) is 43.2 Å². The second-order valence-corrected chi connectivity index (χ2v) is 19.8. The topological polar surface area (TPSA) is 210 Å². The predicted octanol–water partition coefficient (Wildman–Crippen LogP) is 11.3. The van der Waals surface area contributed by atoms with E-state index in [1.54, 1.807) is 0 Å². The minimum atomic E-state index is -5.13. The summed E-state index contributed by atoms with van der Waals surface area (Å²) in [5.74, 6) is -1.15. The first-order valence-electron chi connectivity index (χ1n) is 26.3. The largest absolute Gasteiger partial charge is 0.472 e. The molecule has 1 rings (SSSR count). The highest BCUT2D eigenvalue weighted by Gasteiger charge is 2.51. The zero-order valence-electron chi connectivity index (χ0n) is 41.2. The molecular weight excluding hydrogens is 864 g/mol. The molecule has 0 spiro atoms. The molecule has 0 amide bonds. The van der Waals surface area contributed by atoms with Crippen molar-refractivity contribution in [2.24, 2.45) is 0 Å². The molecule has 1 saturated carbocycles. The maximum atomic E-state index is 12.8. The van der Waals surface area contributed by atoms with Crippen molar-refractivity contribution in [2.45, 2.75) is 268 Å². The molecule has 1 aliphatic rings. The van der Waals surface area contributed by atoms with E-state index in [0.29, 0.717) is 19.3 Å². The summed E-state index contributed by atoms with van der Waals surface area (Å²) < 4.78 is 33.6. The fraction of sp³-hybridized carbons (Fsp3) is 0.846. The quantitative estimate of drug-likeness (QED) is 0.0145. The SMILES string of the molecule is CCCCCCC/C=C/CCCCCCCC(=O)OC[C@H](COP(=O)(O)OC1C(O)C(O)C(O)[C@@H](O)C1O)OC(=O)CCC/C=C/CC/C=C/CCCCCCCCCCCCCCCC. The van der Waals surface area contributed by atoms with Gasteiger partial charge in [-0.2, -0.15) is 0 Å². The van der Waals surface area contributed by atoms with Crippen LogP contribution >= 0.6 is 7.82 Å². The molecule has 14 heteroatoms. The van der Waals surface area contributed by atoms with E-state index in [0.717, 1.165) is 57.8 Å². The number of allylic oxidation sites excluding steroid dienone is 6. The number of phosphoric acid groups is 1. The summed E-state index contributed by atoms with van der Waals surface area (Å²) >= 11 is 0. The van der Waals surface area contributed by atoms with Crippen LogP contribution in [0.1, 0.15) is 226 Å². The van der Waals surface area contributed by atoms with E-state index in [9.17, 15) is 44.6 Å². The second-order valence-electron chi connectivity index (χ2n) is 18.4. The number of carbonyl (C=O) groups is 2. The van der Waals surface area contributed by atoms with Gasteiger partial charge in [0.2, 0.25) is 0 Å². The van der Waals surface area contributed by atoms with Crippen molar-refractivity contribution in [1.82, 2.24) is 0 Å². The van der Waals surface area contributed by atoms with Gasteiger partial charge >= 0.3 is 19.8 Å². The number of esters is 2. The lowest BCUT2D eigenvalue weighted by molar-refractivity contribution is -0.220. The zero-order valence-corrected chi connectivity index (χ0v) is 42.1. The van der Waals surface area contributed by atoms with Gasteiger partial charge in [0, 0.05) is 12.8 Å². The summed E-state index contributed by atoms with van der Waals surface area (Å²) in [4.78, 5) is 35.8. The lowest BCUT2D eigenvalue weighted by Gasteiger charge is -2.41. The Balaban J connectivity index is 2.40. The molecule has 66 heavy (non-hydrogen) atoms. The molecule has 0 radical (unpaired) electrons. The number of aliphatic hydroxyl groups is 5.